The maximum Gasteiger partial charge on any atom is 0.241 e. The van der Waals surface area contributed by atoms with Crippen molar-refractivity contribution in [1.82, 2.24) is 10.0 Å². The predicted octanol–water partition coefficient (Wildman–Crippen LogP) is 1.79. The summed E-state index contributed by atoms with van der Waals surface area (Å²) in [6, 6.07) is 3.64. The van der Waals surface area contributed by atoms with Crippen LogP contribution in [0.4, 0.5) is 0 Å². The SMILES string of the molecule is CCOCCNS(=O)(=O)c1cc(CNC)cc(C)c1Br. The van der Waals surface area contributed by atoms with Gasteiger partial charge >= 0.3 is 0 Å². The molecule has 0 bridgehead atoms. The molecule has 0 fully saturated rings. The zero-order valence-electron chi connectivity index (χ0n) is 12.0. The molecule has 1 aromatic carbocycles. The number of benzene rings is 1. The third kappa shape index (κ3) is 4.82. The van der Waals surface area contributed by atoms with Crippen molar-refractivity contribution >= 4 is 26.0 Å². The van der Waals surface area contributed by atoms with E-state index < -0.39 is 10.0 Å². The van der Waals surface area contributed by atoms with Crippen molar-refractivity contribution in [3.05, 3.63) is 27.7 Å². The monoisotopic (exact) mass is 364 g/mol. The van der Waals surface area contributed by atoms with E-state index >= 15 is 0 Å². The fraction of sp³-hybridized carbons (Fsp3) is 0.538. The summed E-state index contributed by atoms with van der Waals surface area (Å²) in [6.45, 7) is 5.57. The molecule has 0 saturated carbocycles. The van der Waals surface area contributed by atoms with Gasteiger partial charge in [0.25, 0.3) is 0 Å². The van der Waals surface area contributed by atoms with Gasteiger partial charge in [0, 0.05) is 24.2 Å². The zero-order chi connectivity index (χ0) is 15.2. The predicted molar refractivity (Wildman–Crippen MR) is 83.3 cm³/mol. The van der Waals surface area contributed by atoms with E-state index in [1.807, 2.05) is 27.0 Å². The van der Waals surface area contributed by atoms with E-state index in [4.69, 9.17) is 4.74 Å². The highest BCUT2D eigenvalue weighted by Gasteiger charge is 2.19. The molecule has 0 aromatic heterocycles. The smallest absolute Gasteiger partial charge is 0.241 e. The van der Waals surface area contributed by atoms with Crippen LogP contribution in [0.1, 0.15) is 18.1 Å². The van der Waals surface area contributed by atoms with Gasteiger partial charge in [0.1, 0.15) is 0 Å². The van der Waals surface area contributed by atoms with Crippen LogP contribution in [0.5, 0.6) is 0 Å². The molecule has 0 atom stereocenters. The Labute approximate surface area is 129 Å². The molecule has 0 aliphatic carbocycles. The van der Waals surface area contributed by atoms with Crippen molar-refractivity contribution < 1.29 is 13.2 Å². The number of hydrogen-bond donors (Lipinski definition) is 2. The molecule has 2 N–H and O–H groups in total. The third-order valence-electron chi connectivity index (χ3n) is 2.69. The minimum absolute atomic E-state index is 0.262. The zero-order valence-corrected chi connectivity index (χ0v) is 14.4. The van der Waals surface area contributed by atoms with Gasteiger partial charge in [0.05, 0.1) is 11.5 Å². The molecular formula is C13H21BrN2O3S. The number of nitrogens with one attached hydrogen (secondary N) is 2. The minimum Gasteiger partial charge on any atom is -0.380 e. The quantitative estimate of drug-likeness (QED) is 0.690. The van der Waals surface area contributed by atoms with Crippen molar-refractivity contribution in [1.29, 1.82) is 0 Å². The lowest BCUT2D eigenvalue weighted by molar-refractivity contribution is 0.153. The number of halogens is 1. The number of sulfonamides is 1. The van der Waals surface area contributed by atoms with Crippen molar-refractivity contribution in [2.24, 2.45) is 0 Å². The molecule has 1 rings (SSSR count). The highest BCUT2D eigenvalue weighted by Crippen LogP contribution is 2.27. The molecule has 0 spiro atoms. The molecule has 0 aliphatic rings. The Balaban J connectivity index is 2.98. The normalized spacial score (nSPS) is 11.8. The van der Waals surface area contributed by atoms with Gasteiger partial charge in [-0.25, -0.2) is 13.1 Å². The second-order valence-corrected chi connectivity index (χ2v) is 6.88. The number of ether oxygens (including phenoxy) is 1. The van der Waals surface area contributed by atoms with Gasteiger partial charge in [-0.3, -0.25) is 0 Å². The highest BCUT2D eigenvalue weighted by molar-refractivity contribution is 9.10. The molecule has 0 amide bonds. The molecule has 0 radical (unpaired) electrons. The van der Waals surface area contributed by atoms with Crippen LogP contribution >= 0.6 is 15.9 Å². The first-order valence-electron chi connectivity index (χ1n) is 6.43. The van der Waals surface area contributed by atoms with Crippen molar-refractivity contribution in [2.75, 3.05) is 26.8 Å². The Hall–Kier alpha value is -0.470. The van der Waals surface area contributed by atoms with Crippen LogP contribution in [0.15, 0.2) is 21.5 Å². The summed E-state index contributed by atoms with van der Waals surface area (Å²) < 4.78 is 32.9. The Bertz CT molecular complexity index is 547. The van der Waals surface area contributed by atoms with Gasteiger partial charge in [0.2, 0.25) is 10.0 Å². The topological polar surface area (TPSA) is 67.4 Å². The number of aryl methyl sites for hydroxylation is 1. The van der Waals surface area contributed by atoms with Crippen molar-refractivity contribution in [3.63, 3.8) is 0 Å². The lowest BCUT2D eigenvalue weighted by Crippen LogP contribution is -2.28. The van der Waals surface area contributed by atoms with Crippen LogP contribution < -0.4 is 10.0 Å². The van der Waals surface area contributed by atoms with Gasteiger partial charge in [-0.15, -0.1) is 0 Å². The van der Waals surface area contributed by atoms with E-state index in [9.17, 15) is 8.42 Å². The summed E-state index contributed by atoms with van der Waals surface area (Å²) in [5, 5.41) is 3.02. The van der Waals surface area contributed by atoms with Gasteiger partial charge in [-0.1, -0.05) is 6.07 Å². The molecule has 0 heterocycles. The maximum absolute atomic E-state index is 12.3. The van der Waals surface area contributed by atoms with Gasteiger partial charge in [-0.2, -0.15) is 0 Å². The lowest BCUT2D eigenvalue weighted by Gasteiger charge is -2.12. The minimum atomic E-state index is -3.54. The Morgan fingerprint density at radius 3 is 2.65 bits per heavy atom. The second kappa shape index (κ2) is 8.09. The fourth-order valence-corrected chi connectivity index (χ4v) is 3.86. The van der Waals surface area contributed by atoms with Crippen LogP contribution in [-0.4, -0.2) is 35.2 Å². The van der Waals surface area contributed by atoms with Crippen LogP contribution in [0.25, 0.3) is 0 Å². The van der Waals surface area contributed by atoms with Crippen molar-refractivity contribution in [3.8, 4) is 0 Å². The molecular weight excluding hydrogens is 344 g/mol. The Morgan fingerprint density at radius 1 is 1.35 bits per heavy atom. The van der Waals surface area contributed by atoms with Gasteiger partial charge in [0.15, 0.2) is 0 Å². The summed E-state index contributed by atoms with van der Waals surface area (Å²) in [4.78, 5) is 0.263. The molecule has 0 saturated heterocycles. The number of hydrogen-bond acceptors (Lipinski definition) is 4. The molecule has 20 heavy (non-hydrogen) atoms. The fourth-order valence-electron chi connectivity index (χ4n) is 1.78. The average Bonchev–Trinajstić information content (AvgIpc) is 2.39. The van der Waals surface area contributed by atoms with E-state index in [1.165, 1.54) is 0 Å². The van der Waals surface area contributed by atoms with Crippen LogP contribution in [-0.2, 0) is 21.3 Å². The second-order valence-electron chi connectivity index (χ2n) is 4.35. The van der Waals surface area contributed by atoms with Crippen LogP contribution in [0, 0.1) is 6.92 Å². The Morgan fingerprint density at radius 2 is 2.05 bits per heavy atom. The van der Waals surface area contributed by atoms with Crippen LogP contribution in [0.3, 0.4) is 0 Å². The molecule has 5 nitrogen and oxygen atoms in total. The summed E-state index contributed by atoms with van der Waals surface area (Å²) in [5.41, 5.74) is 1.82. The van der Waals surface area contributed by atoms with Gasteiger partial charge in [-0.05, 0) is 54.0 Å². The highest BCUT2D eigenvalue weighted by atomic mass is 79.9. The van der Waals surface area contributed by atoms with Crippen LogP contribution in [0.2, 0.25) is 0 Å². The third-order valence-corrected chi connectivity index (χ3v) is 5.49. The first-order valence-corrected chi connectivity index (χ1v) is 8.71. The van der Waals surface area contributed by atoms with E-state index in [0.29, 0.717) is 24.2 Å². The van der Waals surface area contributed by atoms with Gasteiger partial charge < -0.3 is 10.1 Å². The summed E-state index contributed by atoms with van der Waals surface area (Å²) in [6.07, 6.45) is 0. The maximum atomic E-state index is 12.3. The van der Waals surface area contributed by atoms with E-state index in [1.54, 1.807) is 6.07 Å². The summed E-state index contributed by atoms with van der Waals surface area (Å²) >= 11 is 3.35. The molecule has 114 valence electrons. The van der Waals surface area contributed by atoms with Crippen molar-refractivity contribution in [2.45, 2.75) is 25.3 Å². The van der Waals surface area contributed by atoms with E-state index in [0.717, 1.165) is 11.1 Å². The first-order chi connectivity index (χ1) is 9.42. The lowest BCUT2D eigenvalue weighted by atomic mass is 10.1. The standard InChI is InChI=1S/C13H21BrN2O3S/c1-4-19-6-5-16-20(17,18)12-8-11(9-15-3)7-10(2)13(12)14/h7-8,15-16H,4-6,9H2,1-3H3. The van der Waals surface area contributed by atoms with E-state index in [2.05, 4.69) is 26.0 Å². The first kappa shape index (κ1) is 17.6. The molecule has 7 heteroatoms. The van der Waals surface area contributed by atoms with E-state index in [-0.39, 0.29) is 11.4 Å². The number of rotatable bonds is 8. The molecule has 1 aromatic rings. The Kier molecular flexibility index (Phi) is 7.11. The molecule has 0 unspecified atom stereocenters. The average molecular weight is 365 g/mol. The summed E-state index contributed by atoms with van der Waals surface area (Å²) in [5.74, 6) is 0. The largest absolute Gasteiger partial charge is 0.380 e. The summed E-state index contributed by atoms with van der Waals surface area (Å²) in [7, 11) is -1.71. The molecule has 0 aliphatic heterocycles.